The molecule has 1 heterocycles. The predicted octanol–water partition coefficient (Wildman–Crippen LogP) is 2.23. The second-order valence-electron chi connectivity index (χ2n) is 4.31. The number of benzene rings is 1. The molecule has 0 aliphatic carbocycles. The van der Waals surface area contributed by atoms with Crippen molar-refractivity contribution in [3.8, 4) is 5.88 Å². The SMILES string of the molecule is CCOc1cncc(NCCc2ccccc2C(=O)O)n1. The summed E-state index contributed by atoms with van der Waals surface area (Å²) in [6.45, 7) is 2.98. The number of anilines is 1. The fraction of sp³-hybridized carbons (Fsp3) is 0.267. The first-order valence-electron chi connectivity index (χ1n) is 6.70. The summed E-state index contributed by atoms with van der Waals surface area (Å²) < 4.78 is 5.27. The number of nitrogens with one attached hydrogen (secondary N) is 1. The van der Waals surface area contributed by atoms with Gasteiger partial charge in [-0.3, -0.25) is 4.98 Å². The minimum atomic E-state index is -0.913. The molecule has 0 radical (unpaired) electrons. The van der Waals surface area contributed by atoms with Crippen molar-refractivity contribution in [1.29, 1.82) is 0 Å². The Bertz CT molecular complexity index is 617. The highest BCUT2D eigenvalue weighted by Gasteiger charge is 2.08. The van der Waals surface area contributed by atoms with E-state index in [0.717, 1.165) is 5.56 Å². The topological polar surface area (TPSA) is 84.3 Å². The molecule has 0 amide bonds. The largest absolute Gasteiger partial charge is 0.478 e. The molecule has 0 fully saturated rings. The van der Waals surface area contributed by atoms with Crippen molar-refractivity contribution in [2.45, 2.75) is 13.3 Å². The van der Waals surface area contributed by atoms with Crippen LogP contribution in [-0.2, 0) is 6.42 Å². The Kier molecular flexibility index (Phi) is 5.09. The first kappa shape index (κ1) is 14.8. The summed E-state index contributed by atoms with van der Waals surface area (Å²) in [6, 6.07) is 6.97. The Morgan fingerprint density at radius 1 is 1.33 bits per heavy atom. The molecule has 0 atom stereocenters. The Hall–Kier alpha value is -2.63. The van der Waals surface area contributed by atoms with E-state index < -0.39 is 5.97 Å². The number of nitrogens with zero attached hydrogens (tertiary/aromatic N) is 2. The van der Waals surface area contributed by atoms with E-state index in [4.69, 9.17) is 9.84 Å². The number of carboxylic acid groups (broad SMARTS) is 1. The number of aromatic carboxylic acids is 1. The van der Waals surface area contributed by atoms with Crippen molar-refractivity contribution < 1.29 is 14.6 Å². The molecule has 1 aromatic carbocycles. The van der Waals surface area contributed by atoms with E-state index in [2.05, 4.69) is 15.3 Å². The van der Waals surface area contributed by atoms with E-state index >= 15 is 0 Å². The summed E-state index contributed by atoms with van der Waals surface area (Å²) in [4.78, 5) is 19.4. The van der Waals surface area contributed by atoms with Crippen molar-refractivity contribution in [3.63, 3.8) is 0 Å². The molecule has 2 rings (SSSR count). The Morgan fingerprint density at radius 2 is 2.14 bits per heavy atom. The highest BCUT2D eigenvalue weighted by atomic mass is 16.5. The Labute approximate surface area is 122 Å². The van der Waals surface area contributed by atoms with E-state index in [-0.39, 0.29) is 0 Å². The van der Waals surface area contributed by atoms with Gasteiger partial charge in [-0.1, -0.05) is 18.2 Å². The lowest BCUT2D eigenvalue weighted by atomic mass is 10.0. The quantitative estimate of drug-likeness (QED) is 0.812. The molecule has 6 heteroatoms. The van der Waals surface area contributed by atoms with Crippen LogP contribution in [-0.4, -0.2) is 34.2 Å². The third-order valence-electron chi connectivity index (χ3n) is 2.85. The zero-order valence-electron chi connectivity index (χ0n) is 11.7. The van der Waals surface area contributed by atoms with Gasteiger partial charge in [-0.05, 0) is 25.0 Å². The van der Waals surface area contributed by atoms with E-state index in [0.29, 0.717) is 36.8 Å². The maximum atomic E-state index is 11.1. The van der Waals surface area contributed by atoms with Crippen LogP contribution in [0.4, 0.5) is 5.82 Å². The number of carbonyl (C=O) groups is 1. The van der Waals surface area contributed by atoms with E-state index in [1.165, 1.54) is 0 Å². The van der Waals surface area contributed by atoms with Gasteiger partial charge in [-0.25, -0.2) is 4.79 Å². The molecule has 110 valence electrons. The monoisotopic (exact) mass is 287 g/mol. The van der Waals surface area contributed by atoms with Gasteiger partial charge in [0.2, 0.25) is 5.88 Å². The molecule has 0 saturated carbocycles. The molecule has 0 aliphatic heterocycles. The summed E-state index contributed by atoms with van der Waals surface area (Å²) in [5, 5.41) is 12.2. The molecule has 2 aromatic rings. The van der Waals surface area contributed by atoms with Crippen LogP contribution in [0.25, 0.3) is 0 Å². The summed E-state index contributed by atoms with van der Waals surface area (Å²) in [5.74, 6) is 0.158. The lowest BCUT2D eigenvalue weighted by molar-refractivity contribution is 0.0695. The minimum absolute atomic E-state index is 0.327. The van der Waals surface area contributed by atoms with Gasteiger partial charge in [0.15, 0.2) is 0 Å². The predicted molar refractivity (Wildman–Crippen MR) is 78.8 cm³/mol. The number of ether oxygens (including phenoxy) is 1. The van der Waals surface area contributed by atoms with Gasteiger partial charge in [0.1, 0.15) is 5.82 Å². The molecule has 6 nitrogen and oxygen atoms in total. The second kappa shape index (κ2) is 7.23. The van der Waals surface area contributed by atoms with Crippen molar-refractivity contribution >= 4 is 11.8 Å². The number of hydrogen-bond donors (Lipinski definition) is 2. The van der Waals surface area contributed by atoms with Gasteiger partial charge in [0.05, 0.1) is 24.6 Å². The van der Waals surface area contributed by atoms with Crippen LogP contribution < -0.4 is 10.1 Å². The van der Waals surface area contributed by atoms with Gasteiger partial charge < -0.3 is 15.2 Å². The molecule has 0 aliphatic rings. The molecule has 1 aromatic heterocycles. The normalized spacial score (nSPS) is 10.1. The maximum Gasteiger partial charge on any atom is 0.335 e. The summed E-state index contributed by atoms with van der Waals surface area (Å²) in [7, 11) is 0. The molecular weight excluding hydrogens is 270 g/mol. The van der Waals surface area contributed by atoms with Crippen LogP contribution in [0.1, 0.15) is 22.8 Å². The first-order chi connectivity index (χ1) is 10.2. The average Bonchev–Trinajstić information content (AvgIpc) is 2.48. The fourth-order valence-electron chi connectivity index (χ4n) is 1.92. The third kappa shape index (κ3) is 4.17. The first-order valence-corrected chi connectivity index (χ1v) is 6.70. The van der Waals surface area contributed by atoms with Crippen molar-refractivity contribution in [3.05, 3.63) is 47.8 Å². The number of carboxylic acids is 1. The lowest BCUT2D eigenvalue weighted by Crippen LogP contribution is -2.10. The highest BCUT2D eigenvalue weighted by Crippen LogP contribution is 2.11. The van der Waals surface area contributed by atoms with Crippen molar-refractivity contribution in [1.82, 2.24) is 9.97 Å². The molecule has 0 spiro atoms. The van der Waals surface area contributed by atoms with E-state index in [1.807, 2.05) is 19.1 Å². The second-order valence-corrected chi connectivity index (χ2v) is 4.31. The number of hydrogen-bond acceptors (Lipinski definition) is 5. The van der Waals surface area contributed by atoms with Crippen LogP contribution in [0.2, 0.25) is 0 Å². The molecule has 0 bridgehead atoms. The van der Waals surface area contributed by atoms with E-state index in [9.17, 15) is 4.79 Å². The van der Waals surface area contributed by atoms with Gasteiger partial charge in [0, 0.05) is 6.54 Å². The zero-order chi connectivity index (χ0) is 15.1. The molecule has 0 unspecified atom stereocenters. The average molecular weight is 287 g/mol. The van der Waals surface area contributed by atoms with Crippen LogP contribution in [0, 0.1) is 0 Å². The summed E-state index contributed by atoms with van der Waals surface area (Å²) in [5.41, 5.74) is 1.11. The van der Waals surface area contributed by atoms with Crippen LogP contribution in [0.3, 0.4) is 0 Å². The number of aromatic nitrogens is 2. The minimum Gasteiger partial charge on any atom is -0.478 e. The molecule has 0 saturated heterocycles. The lowest BCUT2D eigenvalue weighted by Gasteiger charge is -2.08. The molecule has 2 N–H and O–H groups in total. The summed E-state index contributed by atoms with van der Waals surface area (Å²) in [6.07, 6.45) is 3.74. The number of rotatable bonds is 7. The van der Waals surface area contributed by atoms with Crippen molar-refractivity contribution in [2.75, 3.05) is 18.5 Å². The molecule has 21 heavy (non-hydrogen) atoms. The maximum absolute atomic E-state index is 11.1. The standard InChI is InChI=1S/C15H17N3O3/c1-2-21-14-10-16-9-13(18-14)17-8-7-11-5-3-4-6-12(11)15(19)20/h3-6,9-10H,2,7-8H2,1H3,(H,17,18)(H,19,20). The smallest absolute Gasteiger partial charge is 0.335 e. The fourth-order valence-corrected chi connectivity index (χ4v) is 1.92. The zero-order valence-corrected chi connectivity index (χ0v) is 11.7. The van der Waals surface area contributed by atoms with Gasteiger partial charge in [-0.15, -0.1) is 0 Å². The molecular formula is C15H17N3O3. The Balaban J connectivity index is 1.95. The third-order valence-corrected chi connectivity index (χ3v) is 2.85. The van der Waals surface area contributed by atoms with Crippen LogP contribution >= 0.6 is 0 Å². The summed E-state index contributed by atoms with van der Waals surface area (Å²) >= 11 is 0. The van der Waals surface area contributed by atoms with E-state index in [1.54, 1.807) is 24.5 Å². The highest BCUT2D eigenvalue weighted by molar-refractivity contribution is 5.89. The van der Waals surface area contributed by atoms with Crippen LogP contribution in [0.15, 0.2) is 36.7 Å². The van der Waals surface area contributed by atoms with Crippen LogP contribution in [0.5, 0.6) is 5.88 Å². The van der Waals surface area contributed by atoms with Gasteiger partial charge in [-0.2, -0.15) is 4.98 Å². The van der Waals surface area contributed by atoms with Gasteiger partial charge in [0.25, 0.3) is 0 Å². The van der Waals surface area contributed by atoms with Crippen molar-refractivity contribution in [2.24, 2.45) is 0 Å². The Morgan fingerprint density at radius 3 is 2.90 bits per heavy atom. The van der Waals surface area contributed by atoms with Gasteiger partial charge >= 0.3 is 5.97 Å².